The van der Waals surface area contributed by atoms with E-state index in [1.54, 1.807) is 6.33 Å². The predicted octanol–water partition coefficient (Wildman–Crippen LogP) is 5.10. The molecule has 3 aromatic carbocycles. The van der Waals surface area contributed by atoms with Crippen LogP contribution in [0.15, 0.2) is 73.3 Å². The Balaban J connectivity index is 1.69. The highest BCUT2D eigenvalue weighted by Crippen LogP contribution is 2.32. The largest absolute Gasteiger partial charge is 0.333 e. The van der Waals surface area contributed by atoms with Gasteiger partial charge in [-0.15, -0.1) is 10.2 Å². The molecule has 29 heavy (non-hydrogen) atoms. The Morgan fingerprint density at radius 2 is 1.55 bits per heavy atom. The number of aromatic nitrogens is 5. The lowest BCUT2D eigenvalue weighted by Crippen LogP contribution is -2.03. The summed E-state index contributed by atoms with van der Waals surface area (Å²) in [5.74, 6) is 0.817. The molecule has 0 radical (unpaired) electrons. The van der Waals surface area contributed by atoms with Gasteiger partial charge in [0.2, 0.25) is 0 Å². The van der Waals surface area contributed by atoms with Gasteiger partial charge >= 0.3 is 0 Å². The summed E-state index contributed by atoms with van der Waals surface area (Å²) in [5.41, 5.74) is 8.94. The number of para-hydroxylation sites is 1. The molecular weight excluding hydrogens is 358 g/mol. The molecular formula is C24H21N5. The van der Waals surface area contributed by atoms with E-state index in [9.17, 15) is 0 Å². The molecule has 0 aliphatic heterocycles. The highest BCUT2D eigenvalue weighted by atomic mass is 15.3. The number of rotatable bonds is 3. The molecule has 0 aliphatic rings. The van der Waals surface area contributed by atoms with Gasteiger partial charge < -0.3 is 4.57 Å². The first kappa shape index (κ1) is 17.4. The third-order valence-corrected chi connectivity index (χ3v) is 5.37. The van der Waals surface area contributed by atoms with Crippen molar-refractivity contribution in [1.29, 1.82) is 0 Å². The lowest BCUT2D eigenvalue weighted by molar-refractivity contribution is 0.945. The second-order valence-corrected chi connectivity index (χ2v) is 7.38. The van der Waals surface area contributed by atoms with Crippen LogP contribution in [0.5, 0.6) is 0 Å². The summed E-state index contributed by atoms with van der Waals surface area (Å²) in [4.78, 5) is 4.48. The topological polar surface area (TPSA) is 48.5 Å². The number of hydrogen-bond donors (Lipinski definition) is 0. The van der Waals surface area contributed by atoms with Crippen molar-refractivity contribution in [1.82, 2.24) is 24.3 Å². The summed E-state index contributed by atoms with van der Waals surface area (Å²) >= 11 is 0. The van der Waals surface area contributed by atoms with Crippen LogP contribution in [0.2, 0.25) is 0 Å². The normalized spacial score (nSPS) is 11.3. The van der Waals surface area contributed by atoms with Crippen LogP contribution >= 0.6 is 0 Å². The smallest absolute Gasteiger partial charge is 0.170 e. The maximum absolute atomic E-state index is 4.48. The van der Waals surface area contributed by atoms with E-state index in [4.69, 9.17) is 0 Å². The molecule has 142 valence electrons. The van der Waals surface area contributed by atoms with Crippen molar-refractivity contribution in [2.45, 2.75) is 13.8 Å². The van der Waals surface area contributed by atoms with Crippen LogP contribution < -0.4 is 0 Å². The standard InChI is InChI=1S/C24H21N5/c1-16-12-19(18-8-5-4-6-9-18)13-17(2)22(16)29-15-26-27-24(29)20-10-7-11-21-23(20)28(3)14-25-21/h4-15H,1-3H3. The minimum atomic E-state index is 0.817. The van der Waals surface area contributed by atoms with E-state index in [0.717, 1.165) is 28.1 Å². The van der Waals surface area contributed by atoms with Crippen LogP contribution in [0, 0.1) is 13.8 Å². The van der Waals surface area contributed by atoms with Crippen molar-refractivity contribution in [3.63, 3.8) is 0 Å². The molecule has 0 saturated heterocycles. The van der Waals surface area contributed by atoms with Gasteiger partial charge in [0.05, 0.1) is 23.0 Å². The molecule has 5 rings (SSSR count). The summed E-state index contributed by atoms with van der Waals surface area (Å²) in [6.07, 6.45) is 3.63. The van der Waals surface area contributed by atoms with Crippen molar-refractivity contribution in [3.8, 4) is 28.2 Å². The van der Waals surface area contributed by atoms with E-state index in [0.29, 0.717) is 0 Å². The van der Waals surface area contributed by atoms with Gasteiger partial charge in [-0.2, -0.15) is 0 Å². The Hall–Kier alpha value is -3.73. The highest BCUT2D eigenvalue weighted by Gasteiger charge is 2.17. The fourth-order valence-electron chi connectivity index (χ4n) is 4.11. The quantitative estimate of drug-likeness (QED) is 0.438. The average Bonchev–Trinajstić information content (AvgIpc) is 3.35. The molecule has 0 spiro atoms. The lowest BCUT2D eigenvalue weighted by atomic mass is 9.98. The van der Waals surface area contributed by atoms with Crippen molar-refractivity contribution in [3.05, 3.63) is 84.4 Å². The summed E-state index contributed by atoms with van der Waals surface area (Å²) < 4.78 is 4.11. The van der Waals surface area contributed by atoms with Gasteiger partial charge in [-0.3, -0.25) is 4.57 Å². The molecule has 5 nitrogen and oxygen atoms in total. The molecule has 0 atom stereocenters. The Morgan fingerprint density at radius 1 is 0.793 bits per heavy atom. The third kappa shape index (κ3) is 2.83. The first-order valence-corrected chi connectivity index (χ1v) is 9.61. The number of imidazole rings is 1. The Morgan fingerprint density at radius 3 is 2.31 bits per heavy atom. The molecule has 0 fully saturated rings. The van der Waals surface area contributed by atoms with Gasteiger partial charge in [0, 0.05) is 12.6 Å². The molecule has 0 amide bonds. The number of hydrogen-bond acceptors (Lipinski definition) is 3. The number of fused-ring (bicyclic) bond motifs is 1. The monoisotopic (exact) mass is 379 g/mol. The van der Waals surface area contributed by atoms with Gasteiger partial charge in [-0.25, -0.2) is 4.98 Å². The average molecular weight is 379 g/mol. The second kappa shape index (κ2) is 6.71. The van der Waals surface area contributed by atoms with E-state index < -0.39 is 0 Å². The Labute approximate surface area is 169 Å². The van der Waals surface area contributed by atoms with Gasteiger partial charge in [0.25, 0.3) is 0 Å². The molecule has 0 N–H and O–H groups in total. The van der Waals surface area contributed by atoms with Gasteiger partial charge in [-0.1, -0.05) is 36.4 Å². The van der Waals surface area contributed by atoms with Crippen LogP contribution in [0.1, 0.15) is 11.1 Å². The SMILES string of the molecule is Cc1cc(-c2ccccc2)cc(C)c1-n1cnnc1-c1cccc2ncn(C)c12. The van der Waals surface area contributed by atoms with Crippen molar-refractivity contribution in [2.24, 2.45) is 7.05 Å². The molecule has 2 aromatic heterocycles. The zero-order valence-electron chi connectivity index (χ0n) is 16.7. The first-order chi connectivity index (χ1) is 14.1. The van der Waals surface area contributed by atoms with E-state index in [1.807, 2.05) is 36.1 Å². The van der Waals surface area contributed by atoms with Crippen molar-refractivity contribution < 1.29 is 0 Å². The zero-order chi connectivity index (χ0) is 20.0. The number of nitrogens with zero attached hydrogens (tertiary/aromatic N) is 5. The second-order valence-electron chi connectivity index (χ2n) is 7.38. The van der Waals surface area contributed by atoms with Crippen LogP contribution in [-0.2, 0) is 7.05 Å². The first-order valence-electron chi connectivity index (χ1n) is 9.61. The highest BCUT2D eigenvalue weighted by molar-refractivity contribution is 5.90. The van der Waals surface area contributed by atoms with Crippen LogP contribution in [0.25, 0.3) is 39.2 Å². The fourth-order valence-corrected chi connectivity index (χ4v) is 4.11. The fraction of sp³-hybridized carbons (Fsp3) is 0.125. The molecule has 0 aliphatic carbocycles. The van der Waals surface area contributed by atoms with Gasteiger partial charge in [-0.05, 0) is 60.4 Å². The van der Waals surface area contributed by atoms with E-state index in [-0.39, 0.29) is 0 Å². The van der Waals surface area contributed by atoms with Gasteiger partial charge in [0.15, 0.2) is 5.82 Å². The van der Waals surface area contributed by atoms with E-state index in [1.165, 1.54) is 22.3 Å². The van der Waals surface area contributed by atoms with Gasteiger partial charge in [0.1, 0.15) is 6.33 Å². The summed E-state index contributed by atoms with van der Waals surface area (Å²) in [7, 11) is 2.00. The van der Waals surface area contributed by atoms with E-state index >= 15 is 0 Å². The molecule has 2 heterocycles. The maximum Gasteiger partial charge on any atom is 0.170 e. The maximum atomic E-state index is 4.48. The lowest BCUT2D eigenvalue weighted by Gasteiger charge is -2.16. The Kier molecular flexibility index (Phi) is 4.02. The van der Waals surface area contributed by atoms with Crippen molar-refractivity contribution in [2.75, 3.05) is 0 Å². The molecule has 0 unspecified atom stereocenters. The van der Waals surface area contributed by atoms with Crippen LogP contribution in [0.3, 0.4) is 0 Å². The summed E-state index contributed by atoms with van der Waals surface area (Å²) in [6.45, 7) is 4.28. The van der Waals surface area contributed by atoms with Crippen molar-refractivity contribution >= 4 is 11.0 Å². The van der Waals surface area contributed by atoms with Crippen LogP contribution in [0.4, 0.5) is 0 Å². The summed E-state index contributed by atoms with van der Waals surface area (Å²) in [5, 5.41) is 8.71. The number of aryl methyl sites for hydroxylation is 3. The number of benzene rings is 3. The molecule has 0 bridgehead atoms. The van der Waals surface area contributed by atoms with E-state index in [2.05, 4.69) is 76.1 Å². The summed E-state index contributed by atoms with van der Waals surface area (Å²) in [6, 6.07) is 21.0. The molecule has 5 aromatic rings. The third-order valence-electron chi connectivity index (χ3n) is 5.37. The molecule has 5 heteroatoms. The predicted molar refractivity (Wildman–Crippen MR) is 116 cm³/mol. The molecule has 0 saturated carbocycles. The zero-order valence-corrected chi connectivity index (χ0v) is 16.7. The Bertz CT molecular complexity index is 1310. The minimum absolute atomic E-state index is 0.817. The minimum Gasteiger partial charge on any atom is -0.333 e. The van der Waals surface area contributed by atoms with Crippen LogP contribution in [-0.4, -0.2) is 24.3 Å².